The molecule has 2 nitrogen and oxygen atoms in total. The van der Waals surface area contributed by atoms with E-state index in [0.717, 1.165) is 17.1 Å². The van der Waals surface area contributed by atoms with E-state index < -0.39 is 12.2 Å². The highest BCUT2D eigenvalue weighted by atomic mass is 16.3. The van der Waals surface area contributed by atoms with Crippen molar-refractivity contribution in [2.45, 2.75) is 90.3 Å². The molecule has 4 fully saturated rings. The first kappa shape index (κ1) is 21.8. The third kappa shape index (κ3) is 4.32. The summed E-state index contributed by atoms with van der Waals surface area (Å²) in [6, 6.07) is 0. The van der Waals surface area contributed by atoms with Gasteiger partial charge in [0.15, 0.2) is 0 Å². The molecule has 2 N–H and O–H groups in total. The predicted molar refractivity (Wildman–Crippen MR) is 125 cm³/mol. The minimum Gasteiger partial charge on any atom is -0.393 e. The molecule has 0 bridgehead atoms. The molecule has 164 valence electrons. The van der Waals surface area contributed by atoms with Crippen molar-refractivity contribution in [3.63, 3.8) is 0 Å². The maximum Gasteiger partial charge on any atom is 0.0811 e. The van der Waals surface area contributed by atoms with Crippen LogP contribution in [0, 0.1) is 23.2 Å². The number of rotatable bonds is 4. The van der Waals surface area contributed by atoms with Crippen LogP contribution in [-0.2, 0) is 0 Å². The second kappa shape index (κ2) is 9.01. The normalized spacial score (nSPS) is 40.7. The van der Waals surface area contributed by atoms with Gasteiger partial charge < -0.3 is 10.2 Å². The molecule has 0 heterocycles. The first-order valence-corrected chi connectivity index (χ1v) is 12.2. The Kier molecular flexibility index (Phi) is 6.55. The summed E-state index contributed by atoms with van der Waals surface area (Å²) in [5.41, 5.74) is 5.40. The van der Waals surface area contributed by atoms with Crippen LogP contribution in [0.5, 0.6) is 0 Å². The highest BCUT2D eigenvalue weighted by Crippen LogP contribution is 2.59. The van der Waals surface area contributed by atoms with Gasteiger partial charge in [-0.05, 0) is 92.1 Å². The lowest BCUT2D eigenvalue weighted by atomic mass is 9.61. The molecule has 30 heavy (non-hydrogen) atoms. The number of hydrogen-bond acceptors (Lipinski definition) is 2. The molecule has 0 aromatic rings. The third-order valence-corrected chi connectivity index (χ3v) is 8.68. The van der Waals surface area contributed by atoms with Crippen molar-refractivity contribution >= 4 is 0 Å². The molecule has 4 aliphatic rings. The van der Waals surface area contributed by atoms with Gasteiger partial charge in [0.05, 0.1) is 12.2 Å². The summed E-state index contributed by atoms with van der Waals surface area (Å²) < 4.78 is 0. The highest BCUT2D eigenvalue weighted by Gasteiger charge is 2.50. The van der Waals surface area contributed by atoms with Gasteiger partial charge >= 0.3 is 0 Å². The fourth-order valence-electron chi connectivity index (χ4n) is 6.66. The van der Waals surface area contributed by atoms with E-state index in [4.69, 9.17) is 0 Å². The number of hydrogen-bond donors (Lipinski definition) is 2. The average molecular weight is 409 g/mol. The number of allylic oxidation sites excluding steroid dienone is 7. The van der Waals surface area contributed by atoms with Crippen LogP contribution < -0.4 is 0 Å². The molecule has 4 saturated carbocycles. The monoisotopic (exact) mass is 408 g/mol. The molecule has 0 amide bonds. The summed E-state index contributed by atoms with van der Waals surface area (Å²) in [4.78, 5) is 0. The van der Waals surface area contributed by atoms with Gasteiger partial charge in [-0.25, -0.2) is 0 Å². The standard InChI is InChI=1S/C28H40O2/c1-19(7-4-8-21-9-5-10-21)25-14-15-26-22(11-6-16-28(25,26)3)12-13-23-17-24(29)18-27(30)20(23)2/h4,7-8,12-13,19,24-27,29-30H,2,5-6,9-11,14-18H2,1,3H3/b7-4+,22-12+,23-13-/t19-,24-,25-,26+,27+,28-/m1/s1. The van der Waals surface area contributed by atoms with Gasteiger partial charge in [-0.15, -0.1) is 0 Å². The predicted octanol–water partition coefficient (Wildman–Crippen LogP) is 6.43. The van der Waals surface area contributed by atoms with E-state index in [1.165, 1.54) is 51.4 Å². The van der Waals surface area contributed by atoms with Gasteiger partial charge in [-0.2, -0.15) is 0 Å². The fraction of sp³-hybridized carbons (Fsp3) is 0.643. The summed E-state index contributed by atoms with van der Waals surface area (Å²) in [5, 5.41) is 20.2. The minimum atomic E-state index is -0.603. The van der Waals surface area contributed by atoms with Gasteiger partial charge in [0.2, 0.25) is 0 Å². The van der Waals surface area contributed by atoms with Gasteiger partial charge in [0, 0.05) is 6.42 Å². The number of fused-ring (bicyclic) bond motifs is 1. The Hall–Kier alpha value is -1.38. The van der Waals surface area contributed by atoms with Gasteiger partial charge in [0.1, 0.15) is 0 Å². The molecule has 0 aliphatic heterocycles. The molecular weight excluding hydrogens is 368 g/mol. The Morgan fingerprint density at radius 2 is 1.87 bits per heavy atom. The molecule has 4 aliphatic carbocycles. The van der Waals surface area contributed by atoms with Crippen molar-refractivity contribution in [1.29, 1.82) is 0 Å². The van der Waals surface area contributed by atoms with E-state index in [0.29, 0.717) is 30.1 Å². The molecule has 0 saturated heterocycles. The lowest BCUT2D eigenvalue weighted by Gasteiger charge is -2.44. The molecule has 0 aromatic heterocycles. The van der Waals surface area contributed by atoms with E-state index in [-0.39, 0.29) is 0 Å². The molecule has 0 aromatic carbocycles. The van der Waals surface area contributed by atoms with E-state index in [1.807, 2.05) is 0 Å². The summed E-state index contributed by atoms with van der Waals surface area (Å²) in [5.74, 6) is 2.04. The second-order valence-electron chi connectivity index (χ2n) is 10.6. The van der Waals surface area contributed by atoms with Crippen molar-refractivity contribution < 1.29 is 10.2 Å². The van der Waals surface area contributed by atoms with Crippen LogP contribution in [-0.4, -0.2) is 22.4 Å². The smallest absolute Gasteiger partial charge is 0.0811 e. The highest BCUT2D eigenvalue weighted by molar-refractivity contribution is 5.38. The molecule has 6 atom stereocenters. The zero-order valence-electron chi connectivity index (χ0n) is 18.9. The van der Waals surface area contributed by atoms with Gasteiger partial charge in [0.25, 0.3) is 0 Å². The van der Waals surface area contributed by atoms with Gasteiger partial charge in [-0.1, -0.05) is 62.0 Å². The van der Waals surface area contributed by atoms with Crippen LogP contribution in [0.3, 0.4) is 0 Å². The summed E-state index contributed by atoms with van der Waals surface area (Å²) in [6.45, 7) is 9.03. The quantitative estimate of drug-likeness (QED) is 0.563. The Morgan fingerprint density at radius 1 is 1.07 bits per heavy atom. The minimum absolute atomic E-state index is 0.387. The lowest BCUT2D eigenvalue weighted by Crippen LogP contribution is -2.35. The summed E-state index contributed by atoms with van der Waals surface area (Å²) in [6.07, 6.45) is 21.9. The van der Waals surface area contributed by atoms with Crippen molar-refractivity contribution in [2.24, 2.45) is 23.2 Å². The Bertz CT molecular complexity index is 776. The third-order valence-electron chi connectivity index (χ3n) is 8.68. The molecule has 2 heteroatoms. The van der Waals surface area contributed by atoms with E-state index in [1.54, 1.807) is 11.1 Å². The fourth-order valence-corrected chi connectivity index (χ4v) is 6.66. The molecular formula is C28H40O2. The maximum atomic E-state index is 10.1. The zero-order chi connectivity index (χ0) is 21.3. The number of aliphatic hydroxyl groups excluding tert-OH is 2. The van der Waals surface area contributed by atoms with Crippen LogP contribution in [0.2, 0.25) is 0 Å². The van der Waals surface area contributed by atoms with Crippen molar-refractivity contribution in [3.8, 4) is 0 Å². The van der Waals surface area contributed by atoms with Crippen LogP contribution >= 0.6 is 0 Å². The Morgan fingerprint density at radius 3 is 2.60 bits per heavy atom. The number of aliphatic hydroxyl groups is 2. The van der Waals surface area contributed by atoms with E-state index in [2.05, 4.69) is 50.8 Å². The second-order valence-corrected chi connectivity index (χ2v) is 10.6. The summed E-state index contributed by atoms with van der Waals surface area (Å²) in [7, 11) is 0. The average Bonchev–Trinajstić information content (AvgIpc) is 3.03. The van der Waals surface area contributed by atoms with Crippen LogP contribution in [0.25, 0.3) is 0 Å². The van der Waals surface area contributed by atoms with Crippen LogP contribution in [0.1, 0.15) is 78.1 Å². The van der Waals surface area contributed by atoms with E-state index >= 15 is 0 Å². The van der Waals surface area contributed by atoms with Gasteiger partial charge in [-0.3, -0.25) is 0 Å². The topological polar surface area (TPSA) is 40.5 Å². The Labute approximate surface area is 183 Å². The molecule has 4 rings (SSSR count). The van der Waals surface area contributed by atoms with Crippen LogP contribution in [0.15, 0.2) is 59.3 Å². The maximum absolute atomic E-state index is 10.1. The SMILES string of the molecule is C=C1/C(=C\C=C2/CCC[C@]3(C)[C@@H]([C@H](C)/C=C/C=C4CCC4)CC[C@@H]23)C[C@@H](O)C[C@@H]1O. The van der Waals surface area contributed by atoms with Crippen molar-refractivity contribution in [2.75, 3.05) is 0 Å². The molecule has 0 unspecified atom stereocenters. The Balaban J connectivity index is 1.48. The van der Waals surface area contributed by atoms with Crippen molar-refractivity contribution in [1.82, 2.24) is 0 Å². The summed E-state index contributed by atoms with van der Waals surface area (Å²) >= 11 is 0. The van der Waals surface area contributed by atoms with Crippen molar-refractivity contribution in [3.05, 3.63) is 59.3 Å². The van der Waals surface area contributed by atoms with E-state index in [9.17, 15) is 10.2 Å². The first-order chi connectivity index (χ1) is 14.4. The lowest BCUT2D eigenvalue weighted by molar-refractivity contribution is 0.0862. The largest absolute Gasteiger partial charge is 0.393 e. The molecule has 0 radical (unpaired) electrons. The molecule has 0 spiro atoms. The first-order valence-electron chi connectivity index (χ1n) is 12.2. The van der Waals surface area contributed by atoms with Crippen LogP contribution in [0.4, 0.5) is 0 Å². The zero-order valence-corrected chi connectivity index (χ0v) is 18.9.